The van der Waals surface area contributed by atoms with Gasteiger partial charge in [-0.05, 0) is 12.0 Å². The first kappa shape index (κ1) is 12.6. The summed E-state index contributed by atoms with van der Waals surface area (Å²) in [4.78, 5) is 10.4. The summed E-state index contributed by atoms with van der Waals surface area (Å²) in [7, 11) is 0. The van der Waals surface area contributed by atoms with Gasteiger partial charge < -0.3 is 10.8 Å². The van der Waals surface area contributed by atoms with E-state index < -0.39 is 12.0 Å². The molecule has 0 aliphatic carbocycles. The predicted octanol–water partition coefficient (Wildman–Crippen LogP) is -0.275. The first-order valence-electron chi connectivity index (χ1n) is 3.72. The van der Waals surface area contributed by atoms with Crippen LogP contribution in [0.1, 0.15) is 5.56 Å². The SMILES string of the molecule is NC(Cc1ccccc1)C(=O)O.[PbH2]. The molecular formula is C9H13NO2Pb. The van der Waals surface area contributed by atoms with E-state index >= 15 is 0 Å². The molecule has 3 nitrogen and oxygen atoms in total. The number of aliphatic carboxylic acids is 1. The summed E-state index contributed by atoms with van der Waals surface area (Å²) >= 11 is 0. The topological polar surface area (TPSA) is 63.3 Å². The fraction of sp³-hybridized carbons (Fsp3) is 0.222. The number of nitrogens with two attached hydrogens (primary N) is 1. The van der Waals surface area contributed by atoms with Crippen LogP contribution in [0.5, 0.6) is 0 Å². The van der Waals surface area contributed by atoms with Gasteiger partial charge in [-0.15, -0.1) is 0 Å². The van der Waals surface area contributed by atoms with Gasteiger partial charge in [0.05, 0.1) is 0 Å². The quantitative estimate of drug-likeness (QED) is 0.716. The second-order valence-electron chi connectivity index (χ2n) is 2.63. The van der Waals surface area contributed by atoms with Crippen LogP contribution in [0.25, 0.3) is 0 Å². The summed E-state index contributed by atoms with van der Waals surface area (Å²) < 4.78 is 0. The zero-order chi connectivity index (χ0) is 8.97. The van der Waals surface area contributed by atoms with Crippen LogP contribution >= 0.6 is 0 Å². The van der Waals surface area contributed by atoms with Crippen LogP contribution in [-0.4, -0.2) is 44.4 Å². The van der Waals surface area contributed by atoms with E-state index in [0.29, 0.717) is 6.42 Å². The summed E-state index contributed by atoms with van der Waals surface area (Å²) in [6.07, 6.45) is 0.385. The number of hydrogen-bond donors (Lipinski definition) is 2. The minimum absolute atomic E-state index is 0. The molecule has 70 valence electrons. The Morgan fingerprint density at radius 1 is 1.38 bits per heavy atom. The van der Waals surface area contributed by atoms with Crippen LogP contribution in [0.3, 0.4) is 0 Å². The van der Waals surface area contributed by atoms with Gasteiger partial charge in [-0.25, -0.2) is 0 Å². The molecule has 4 heteroatoms. The fourth-order valence-corrected chi connectivity index (χ4v) is 0.955. The van der Waals surface area contributed by atoms with Gasteiger partial charge in [0.15, 0.2) is 0 Å². The van der Waals surface area contributed by atoms with Gasteiger partial charge in [-0.1, -0.05) is 30.3 Å². The molecule has 1 unspecified atom stereocenters. The van der Waals surface area contributed by atoms with Crippen molar-refractivity contribution in [3.8, 4) is 0 Å². The van der Waals surface area contributed by atoms with Gasteiger partial charge in [-0.2, -0.15) is 0 Å². The van der Waals surface area contributed by atoms with Gasteiger partial charge in [0, 0.05) is 0 Å². The molecule has 1 aromatic carbocycles. The zero-order valence-corrected chi connectivity index (χ0v) is 12.8. The van der Waals surface area contributed by atoms with Crippen molar-refractivity contribution in [1.29, 1.82) is 0 Å². The second kappa shape index (κ2) is 6.09. The monoisotopic (exact) mass is 375 g/mol. The molecule has 3 N–H and O–H groups in total. The summed E-state index contributed by atoms with van der Waals surface area (Å²) in [5.74, 6) is -0.959. The minimum atomic E-state index is -0.959. The molecule has 13 heavy (non-hydrogen) atoms. The third-order valence-electron chi connectivity index (χ3n) is 1.62. The summed E-state index contributed by atoms with van der Waals surface area (Å²) in [6, 6.07) is 8.54. The molecule has 2 radical (unpaired) electrons. The van der Waals surface area contributed by atoms with Crippen molar-refractivity contribution < 1.29 is 9.90 Å². The van der Waals surface area contributed by atoms with Crippen molar-refractivity contribution in [1.82, 2.24) is 0 Å². The second-order valence-corrected chi connectivity index (χ2v) is 2.63. The van der Waals surface area contributed by atoms with Gasteiger partial charge in [0.1, 0.15) is 6.04 Å². The first-order valence-corrected chi connectivity index (χ1v) is 3.72. The first-order chi connectivity index (χ1) is 5.70. The van der Waals surface area contributed by atoms with Crippen molar-refractivity contribution in [3.05, 3.63) is 35.9 Å². The van der Waals surface area contributed by atoms with Crippen LogP contribution in [0, 0.1) is 0 Å². The number of hydrogen-bond acceptors (Lipinski definition) is 2. The van der Waals surface area contributed by atoms with Crippen LogP contribution in [0.2, 0.25) is 0 Å². The van der Waals surface area contributed by atoms with Crippen molar-refractivity contribution in [2.24, 2.45) is 5.73 Å². The Bertz CT molecular complexity index is 264. The molecular weight excluding hydrogens is 361 g/mol. The molecule has 0 aliphatic heterocycles. The molecule has 0 aromatic heterocycles. The molecule has 0 heterocycles. The Hall–Kier alpha value is -0.428. The zero-order valence-electron chi connectivity index (χ0n) is 7.31. The molecule has 1 aromatic rings. The molecule has 1 atom stereocenters. The number of carboxylic acid groups (broad SMARTS) is 1. The van der Waals surface area contributed by atoms with Crippen LogP contribution in [0.15, 0.2) is 30.3 Å². The van der Waals surface area contributed by atoms with Crippen molar-refractivity contribution in [2.45, 2.75) is 12.5 Å². The molecule has 0 bridgehead atoms. The molecule has 0 saturated heterocycles. The average Bonchev–Trinajstić information content (AvgIpc) is 2.06. The van der Waals surface area contributed by atoms with Crippen molar-refractivity contribution in [2.75, 3.05) is 0 Å². The molecule has 0 amide bonds. The van der Waals surface area contributed by atoms with Gasteiger partial charge >= 0.3 is 33.3 Å². The van der Waals surface area contributed by atoms with Crippen molar-refractivity contribution in [3.63, 3.8) is 0 Å². The Balaban J connectivity index is 0.00000144. The fourth-order valence-electron chi connectivity index (χ4n) is 0.955. The molecule has 0 fully saturated rings. The van der Waals surface area contributed by atoms with Gasteiger partial charge in [0.25, 0.3) is 0 Å². The summed E-state index contributed by atoms with van der Waals surface area (Å²) in [5, 5.41) is 8.52. The van der Waals surface area contributed by atoms with Crippen LogP contribution < -0.4 is 5.73 Å². The van der Waals surface area contributed by atoms with Gasteiger partial charge in [-0.3, -0.25) is 4.79 Å². The third-order valence-corrected chi connectivity index (χ3v) is 1.62. The summed E-state index contributed by atoms with van der Waals surface area (Å²) in [5.41, 5.74) is 6.30. The number of carboxylic acids is 1. The predicted molar refractivity (Wildman–Crippen MR) is 54.3 cm³/mol. The van der Waals surface area contributed by atoms with E-state index in [1.807, 2.05) is 30.3 Å². The van der Waals surface area contributed by atoms with E-state index in [2.05, 4.69) is 0 Å². The third kappa shape index (κ3) is 4.37. The molecule has 1 rings (SSSR count). The molecule has 0 saturated carbocycles. The number of benzene rings is 1. The van der Waals surface area contributed by atoms with E-state index in [9.17, 15) is 4.79 Å². The Morgan fingerprint density at radius 2 is 1.92 bits per heavy atom. The Morgan fingerprint density at radius 3 is 2.38 bits per heavy atom. The Labute approximate surface area is 97.1 Å². The van der Waals surface area contributed by atoms with Crippen LogP contribution in [0.4, 0.5) is 0 Å². The van der Waals surface area contributed by atoms with E-state index in [1.54, 1.807) is 0 Å². The Kier molecular flexibility index (Phi) is 5.89. The molecule has 0 spiro atoms. The van der Waals surface area contributed by atoms with Gasteiger partial charge in [0.2, 0.25) is 0 Å². The average molecular weight is 374 g/mol. The standard InChI is InChI=1S/C9H11NO2.Pb.2H/c10-8(9(11)12)6-7-4-2-1-3-5-7;;;/h1-5,8H,6,10H2,(H,11,12);;;. The maximum absolute atomic E-state index is 10.4. The number of rotatable bonds is 3. The number of carbonyl (C=O) groups is 1. The van der Waals surface area contributed by atoms with E-state index in [1.165, 1.54) is 0 Å². The van der Waals surface area contributed by atoms with E-state index in [0.717, 1.165) is 5.56 Å². The summed E-state index contributed by atoms with van der Waals surface area (Å²) in [6.45, 7) is 0. The normalized spacial score (nSPS) is 11.5. The van der Waals surface area contributed by atoms with Crippen LogP contribution in [-0.2, 0) is 11.2 Å². The molecule has 0 aliphatic rings. The maximum atomic E-state index is 10.4. The van der Waals surface area contributed by atoms with E-state index in [4.69, 9.17) is 10.8 Å². The van der Waals surface area contributed by atoms with E-state index in [-0.39, 0.29) is 27.3 Å². The van der Waals surface area contributed by atoms with Crippen molar-refractivity contribution >= 4 is 33.3 Å².